The van der Waals surface area contributed by atoms with E-state index in [4.69, 9.17) is 0 Å². The SMILES string of the molecule is C=CCN1C(=O)C(=O)N(CC(=O)Nc2ccc(N3CCCCCC3)cc2)C1=O. The number of urea groups is 1. The highest BCUT2D eigenvalue weighted by atomic mass is 16.2. The highest BCUT2D eigenvalue weighted by Crippen LogP contribution is 2.21. The molecule has 0 unspecified atom stereocenters. The maximum absolute atomic E-state index is 12.2. The van der Waals surface area contributed by atoms with E-state index in [0.29, 0.717) is 10.6 Å². The number of anilines is 2. The first-order valence-electron chi connectivity index (χ1n) is 9.44. The third-order valence-corrected chi connectivity index (χ3v) is 4.87. The van der Waals surface area contributed by atoms with Crippen LogP contribution in [-0.2, 0) is 14.4 Å². The van der Waals surface area contributed by atoms with Gasteiger partial charge < -0.3 is 10.2 Å². The Morgan fingerprint density at radius 2 is 1.57 bits per heavy atom. The molecule has 1 N–H and O–H groups in total. The van der Waals surface area contributed by atoms with Crippen molar-refractivity contribution in [1.29, 1.82) is 0 Å². The van der Waals surface area contributed by atoms with Crippen molar-refractivity contribution in [3.8, 4) is 0 Å². The fourth-order valence-corrected chi connectivity index (χ4v) is 3.41. The molecule has 2 fully saturated rings. The van der Waals surface area contributed by atoms with Crippen LogP contribution in [0.15, 0.2) is 36.9 Å². The quantitative estimate of drug-likeness (QED) is 0.460. The highest BCUT2D eigenvalue weighted by molar-refractivity contribution is 6.45. The van der Waals surface area contributed by atoms with Gasteiger partial charge in [0.15, 0.2) is 0 Å². The van der Waals surface area contributed by atoms with Gasteiger partial charge in [0.2, 0.25) is 5.91 Å². The second-order valence-electron chi connectivity index (χ2n) is 6.87. The number of amides is 5. The van der Waals surface area contributed by atoms with E-state index in [1.807, 2.05) is 12.1 Å². The molecular weight excluding hydrogens is 360 g/mol. The number of carbonyl (C=O) groups is 4. The monoisotopic (exact) mass is 384 g/mol. The van der Waals surface area contributed by atoms with Crippen molar-refractivity contribution < 1.29 is 19.2 Å². The van der Waals surface area contributed by atoms with Gasteiger partial charge in [0, 0.05) is 31.0 Å². The van der Waals surface area contributed by atoms with Crippen LogP contribution in [0.4, 0.5) is 16.2 Å². The molecule has 8 nitrogen and oxygen atoms in total. The van der Waals surface area contributed by atoms with Gasteiger partial charge in [0.25, 0.3) is 0 Å². The number of hydrogen-bond acceptors (Lipinski definition) is 5. The molecular formula is C20H24N4O4. The Bertz CT molecular complexity index is 782. The topological polar surface area (TPSA) is 90.0 Å². The smallest absolute Gasteiger partial charge is 0.335 e. The number of hydrogen-bond donors (Lipinski definition) is 1. The molecule has 8 heteroatoms. The molecule has 0 radical (unpaired) electrons. The van der Waals surface area contributed by atoms with E-state index in [1.165, 1.54) is 31.8 Å². The lowest BCUT2D eigenvalue weighted by Gasteiger charge is -2.22. The van der Waals surface area contributed by atoms with Gasteiger partial charge in [-0.3, -0.25) is 19.3 Å². The number of nitrogens with one attached hydrogen (secondary N) is 1. The molecule has 0 spiro atoms. The van der Waals surface area contributed by atoms with Gasteiger partial charge in [-0.15, -0.1) is 6.58 Å². The standard InChI is InChI=1S/C20H24N4O4/c1-2-11-23-18(26)19(27)24(20(23)28)14-17(25)21-15-7-9-16(10-8-15)22-12-5-3-4-6-13-22/h2,7-10H,1,3-6,11-14H2,(H,21,25). The normalized spacial score (nSPS) is 17.7. The lowest BCUT2D eigenvalue weighted by atomic mass is 10.2. The van der Waals surface area contributed by atoms with Gasteiger partial charge in [0.1, 0.15) is 6.54 Å². The van der Waals surface area contributed by atoms with Crippen molar-refractivity contribution in [2.75, 3.05) is 36.4 Å². The van der Waals surface area contributed by atoms with Crippen LogP contribution in [0.5, 0.6) is 0 Å². The molecule has 0 aromatic heterocycles. The van der Waals surface area contributed by atoms with Crippen LogP contribution in [0.2, 0.25) is 0 Å². The maximum Gasteiger partial charge on any atom is 0.335 e. The predicted octanol–water partition coefficient (Wildman–Crippen LogP) is 1.98. The molecule has 3 rings (SSSR count). The molecule has 2 aliphatic rings. The molecule has 28 heavy (non-hydrogen) atoms. The Hall–Kier alpha value is -3.16. The van der Waals surface area contributed by atoms with E-state index in [0.717, 1.165) is 23.7 Å². The van der Waals surface area contributed by atoms with Crippen LogP contribution in [0.3, 0.4) is 0 Å². The number of imide groups is 2. The summed E-state index contributed by atoms with van der Waals surface area (Å²) in [5.74, 6) is -2.49. The van der Waals surface area contributed by atoms with Crippen LogP contribution in [0, 0.1) is 0 Å². The Morgan fingerprint density at radius 3 is 2.18 bits per heavy atom. The fraction of sp³-hybridized carbons (Fsp3) is 0.400. The second-order valence-corrected chi connectivity index (χ2v) is 6.87. The lowest BCUT2D eigenvalue weighted by molar-refractivity contribution is -0.143. The average molecular weight is 384 g/mol. The van der Waals surface area contributed by atoms with Gasteiger partial charge >= 0.3 is 17.8 Å². The van der Waals surface area contributed by atoms with E-state index >= 15 is 0 Å². The molecule has 0 atom stereocenters. The Labute approximate surface area is 163 Å². The van der Waals surface area contributed by atoms with Gasteiger partial charge in [-0.1, -0.05) is 18.9 Å². The summed E-state index contributed by atoms with van der Waals surface area (Å²) in [6, 6.07) is 6.67. The van der Waals surface area contributed by atoms with E-state index in [1.54, 1.807) is 12.1 Å². The summed E-state index contributed by atoms with van der Waals surface area (Å²) in [5.41, 5.74) is 1.67. The van der Waals surface area contributed by atoms with Crippen LogP contribution in [0.1, 0.15) is 25.7 Å². The molecule has 0 saturated carbocycles. The number of rotatable bonds is 6. The summed E-state index contributed by atoms with van der Waals surface area (Å²) in [6.07, 6.45) is 6.21. The summed E-state index contributed by atoms with van der Waals surface area (Å²) < 4.78 is 0. The first-order chi connectivity index (χ1) is 13.5. The molecule has 2 aliphatic heterocycles. The Balaban J connectivity index is 1.59. The third kappa shape index (κ3) is 4.21. The van der Waals surface area contributed by atoms with Crippen LogP contribution in [0.25, 0.3) is 0 Å². The average Bonchev–Trinajstić information content (AvgIpc) is 2.91. The van der Waals surface area contributed by atoms with Gasteiger partial charge in [0.05, 0.1) is 0 Å². The molecule has 148 valence electrons. The lowest BCUT2D eigenvalue weighted by Crippen LogP contribution is -2.39. The molecule has 1 aromatic rings. The van der Waals surface area contributed by atoms with Gasteiger partial charge in [-0.2, -0.15) is 0 Å². The fourth-order valence-electron chi connectivity index (χ4n) is 3.41. The molecule has 0 aliphatic carbocycles. The van der Waals surface area contributed by atoms with Crippen molar-refractivity contribution in [1.82, 2.24) is 9.80 Å². The molecule has 5 amide bonds. The number of benzene rings is 1. The number of nitrogens with zero attached hydrogens (tertiary/aromatic N) is 3. The van der Waals surface area contributed by atoms with Crippen LogP contribution in [-0.4, -0.2) is 59.7 Å². The van der Waals surface area contributed by atoms with Crippen molar-refractivity contribution in [2.45, 2.75) is 25.7 Å². The van der Waals surface area contributed by atoms with Crippen LogP contribution < -0.4 is 10.2 Å². The maximum atomic E-state index is 12.2. The zero-order chi connectivity index (χ0) is 20.1. The third-order valence-electron chi connectivity index (χ3n) is 4.87. The summed E-state index contributed by atoms with van der Waals surface area (Å²) in [4.78, 5) is 51.8. The minimum atomic E-state index is -1.00. The minimum absolute atomic E-state index is 0.0700. The van der Waals surface area contributed by atoms with E-state index in [2.05, 4.69) is 16.8 Å². The summed E-state index contributed by atoms with van der Waals surface area (Å²) in [6.45, 7) is 4.92. The zero-order valence-electron chi connectivity index (χ0n) is 15.7. The highest BCUT2D eigenvalue weighted by Gasteiger charge is 2.44. The zero-order valence-corrected chi connectivity index (χ0v) is 15.7. The molecule has 1 aromatic carbocycles. The summed E-state index contributed by atoms with van der Waals surface area (Å²) in [5, 5.41) is 2.66. The van der Waals surface area contributed by atoms with Crippen molar-refractivity contribution in [2.24, 2.45) is 0 Å². The van der Waals surface area contributed by atoms with Gasteiger partial charge in [-0.25, -0.2) is 9.69 Å². The van der Waals surface area contributed by atoms with E-state index in [-0.39, 0.29) is 6.54 Å². The summed E-state index contributed by atoms with van der Waals surface area (Å²) in [7, 11) is 0. The van der Waals surface area contributed by atoms with Gasteiger partial charge in [-0.05, 0) is 37.1 Å². The van der Waals surface area contributed by atoms with Crippen molar-refractivity contribution >= 4 is 35.1 Å². The van der Waals surface area contributed by atoms with E-state index in [9.17, 15) is 19.2 Å². The van der Waals surface area contributed by atoms with Crippen molar-refractivity contribution in [3.05, 3.63) is 36.9 Å². The van der Waals surface area contributed by atoms with E-state index < -0.39 is 30.3 Å². The largest absolute Gasteiger partial charge is 0.372 e. The van der Waals surface area contributed by atoms with Crippen molar-refractivity contribution in [3.63, 3.8) is 0 Å². The molecule has 2 saturated heterocycles. The predicted molar refractivity (Wildman–Crippen MR) is 105 cm³/mol. The Kier molecular flexibility index (Phi) is 6.08. The first-order valence-corrected chi connectivity index (χ1v) is 9.44. The molecule has 0 bridgehead atoms. The minimum Gasteiger partial charge on any atom is -0.372 e. The Morgan fingerprint density at radius 1 is 0.964 bits per heavy atom. The van der Waals surface area contributed by atoms with Crippen LogP contribution >= 0.6 is 0 Å². The molecule has 2 heterocycles. The first kappa shape index (κ1) is 19.6. The summed E-state index contributed by atoms with van der Waals surface area (Å²) >= 11 is 0. The second kappa shape index (κ2) is 8.69. The number of carbonyl (C=O) groups excluding carboxylic acids is 4.